The summed E-state index contributed by atoms with van der Waals surface area (Å²) in [6.07, 6.45) is 3.22. The van der Waals surface area contributed by atoms with Crippen LogP contribution in [0.15, 0.2) is 58.7 Å². The van der Waals surface area contributed by atoms with Gasteiger partial charge in [0.15, 0.2) is 0 Å². The van der Waals surface area contributed by atoms with Crippen LogP contribution in [0.5, 0.6) is 5.75 Å². The summed E-state index contributed by atoms with van der Waals surface area (Å²) in [4.78, 5) is 5.50. The number of hydrogen-bond donors (Lipinski definition) is 2. The minimum absolute atomic E-state index is 0.172. The standard InChI is InChI=1S/C17H17N3O3S/c1-12-3-6-15(7-4-12)24(21,22)20-19-11-13-10-18-17-8-5-14(23-2)9-16(13)17/h3-11,18,20H,1-2H3/b19-11+. The van der Waals surface area contributed by atoms with Gasteiger partial charge in [0.2, 0.25) is 0 Å². The van der Waals surface area contributed by atoms with E-state index in [1.54, 1.807) is 37.6 Å². The SMILES string of the molecule is COc1ccc2[nH]cc(/C=N/NS(=O)(=O)c3ccc(C)cc3)c2c1. The van der Waals surface area contributed by atoms with E-state index in [1.807, 2.05) is 25.1 Å². The zero-order valence-corrected chi connectivity index (χ0v) is 14.1. The predicted molar refractivity (Wildman–Crippen MR) is 93.9 cm³/mol. The smallest absolute Gasteiger partial charge is 0.276 e. The molecule has 0 unspecified atom stereocenters. The van der Waals surface area contributed by atoms with Crippen molar-refractivity contribution < 1.29 is 13.2 Å². The van der Waals surface area contributed by atoms with Crippen molar-refractivity contribution in [3.05, 3.63) is 59.8 Å². The number of H-pyrrole nitrogens is 1. The van der Waals surface area contributed by atoms with Crippen LogP contribution in [-0.4, -0.2) is 26.7 Å². The molecule has 2 aromatic carbocycles. The van der Waals surface area contributed by atoms with Gasteiger partial charge in [-0.3, -0.25) is 0 Å². The van der Waals surface area contributed by atoms with E-state index in [0.29, 0.717) is 0 Å². The molecule has 1 aromatic heterocycles. The Balaban J connectivity index is 1.82. The van der Waals surface area contributed by atoms with Crippen molar-refractivity contribution in [1.82, 2.24) is 9.82 Å². The summed E-state index contributed by atoms with van der Waals surface area (Å²) in [6, 6.07) is 12.2. The van der Waals surface area contributed by atoms with Crippen molar-refractivity contribution in [3.8, 4) is 5.75 Å². The third-order valence-electron chi connectivity index (χ3n) is 3.63. The second kappa shape index (κ2) is 6.37. The van der Waals surface area contributed by atoms with E-state index in [2.05, 4.69) is 14.9 Å². The molecule has 124 valence electrons. The molecule has 0 aliphatic heterocycles. The molecule has 1 heterocycles. The number of ether oxygens (including phenoxy) is 1. The summed E-state index contributed by atoms with van der Waals surface area (Å²) in [6.45, 7) is 1.90. The first-order chi connectivity index (χ1) is 11.5. The monoisotopic (exact) mass is 343 g/mol. The fourth-order valence-corrected chi connectivity index (χ4v) is 3.08. The van der Waals surface area contributed by atoms with Gasteiger partial charge in [0, 0.05) is 22.7 Å². The van der Waals surface area contributed by atoms with Crippen LogP contribution in [0.3, 0.4) is 0 Å². The minimum atomic E-state index is -3.68. The maximum atomic E-state index is 12.2. The molecule has 0 aliphatic rings. The van der Waals surface area contributed by atoms with Gasteiger partial charge in [0.1, 0.15) is 5.75 Å². The van der Waals surface area contributed by atoms with Gasteiger partial charge in [-0.15, -0.1) is 0 Å². The maximum Gasteiger partial charge on any atom is 0.276 e. The molecule has 24 heavy (non-hydrogen) atoms. The molecule has 0 aliphatic carbocycles. The van der Waals surface area contributed by atoms with Gasteiger partial charge in [-0.25, -0.2) is 4.83 Å². The Kier molecular flexibility index (Phi) is 4.26. The van der Waals surface area contributed by atoms with Crippen LogP contribution in [0.1, 0.15) is 11.1 Å². The number of benzene rings is 2. The van der Waals surface area contributed by atoms with Crippen molar-refractivity contribution >= 4 is 27.1 Å². The first-order valence-electron chi connectivity index (χ1n) is 7.26. The van der Waals surface area contributed by atoms with Crippen LogP contribution >= 0.6 is 0 Å². The van der Waals surface area contributed by atoms with Gasteiger partial charge < -0.3 is 9.72 Å². The third kappa shape index (κ3) is 3.26. The highest BCUT2D eigenvalue weighted by Gasteiger charge is 2.12. The summed E-state index contributed by atoms with van der Waals surface area (Å²) in [5.74, 6) is 0.719. The number of methoxy groups -OCH3 is 1. The molecule has 3 aromatic rings. The number of aromatic amines is 1. The molecule has 0 saturated heterocycles. The van der Waals surface area contributed by atoms with Crippen LogP contribution in [0.2, 0.25) is 0 Å². The average molecular weight is 343 g/mol. The number of hydrogen-bond acceptors (Lipinski definition) is 4. The van der Waals surface area contributed by atoms with E-state index in [-0.39, 0.29) is 4.90 Å². The number of nitrogens with one attached hydrogen (secondary N) is 2. The zero-order chi connectivity index (χ0) is 17.2. The molecule has 6 nitrogen and oxygen atoms in total. The number of nitrogens with zero attached hydrogens (tertiary/aromatic N) is 1. The molecule has 0 radical (unpaired) electrons. The first-order valence-corrected chi connectivity index (χ1v) is 8.74. The predicted octanol–water partition coefficient (Wildman–Crippen LogP) is 2.80. The van der Waals surface area contributed by atoms with Crippen LogP contribution in [0.25, 0.3) is 10.9 Å². The van der Waals surface area contributed by atoms with Crippen LogP contribution in [-0.2, 0) is 10.0 Å². The summed E-state index contributed by atoms with van der Waals surface area (Å²) < 4.78 is 29.6. The topological polar surface area (TPSA) is 83.5 Å². The number of hydrazone groups is 1. The molecule has 2 N–H and O–H groups in total. The van der Waals surface area contributed by atoms with Crippen molar-refractivity contribution in [2.24, 2.45) is 5.10 Å². The third-order valence-corrected chi connectivity index (χ3v) is 4.87. The van der Waals surface area contributed by atoms with Crippen LogP contribution in [0.4, 0.5) is 0 Å². The average Bonchev–Trinajstić information content (AvgIpc) is 2.97. The van der Waals surface area contributed by atoms with E-state index in [0.717, 1.165) is 27.8 Å². The Labute approximate surface area is 140 Å². The fraction of sp³-hybridized carbons (Fsp3) is 0.118. The lowest BCUT2D eigenvalue weighted by atomic mass is 10.2. The Morgan fingerprint density at radius 3 is 2.62 bits per heavy atom. The van der Waals surface area contributed by atoms with Crippen molar-refractivity contribution in [2.75, 3.05) is 7.11 Å². The Bertz CT molecular complexity index is 990. The summed E-state index contributed by atoms with van der Waals surface area (Å²) in [7, 11) is -2.08. The van der Waals surface area contributed by atoms with Gasteiger partial charge >= 0.3 is 0 Å². The van der Waals surface area contributed by atoms with Crippen LogP contribution in [0, 0.1) is 6.92 Å². The number of sulfonamides is 1. The molecule has 0 amide bonds. The summed E-state index contributed by atoms with van der Waals surface area (Å²) in [5.41, 5.74) is 2.67. The molecule has 0 atom stereocenters. The lowest BCUT2D eigenvalue weighted by molar-refractivity contribution is 0.415. The fourth-order valence-electron chi connectivity index (χ4n) is 2.29. The first kappa shape index (κ1) is 16.1. The second-order valence-corrected chi connectivity index (χ2v) is 6.98. The number of aryl methyl sites for hydroxylation is 1. The molecular formula is C17H17N3O3S. The van der Waals surface area contributed by atoms with E-state index in [1.165, 1.54) is 6.21 Å². The quantitative estimate of drug-likeness (QED) is 0.552. The maximum absolute atomic E-state index is 12.2. The van der Waals surface area contributed by atoms with E-state index >= 15 is 0 Å². The Morgan fingerprint density at radius 2 is 1.92 bits per heavy atom. The lowest BCUT2D eigenvalue weighted by Gasteiger charge is -2.03. The number of rotatable bonds is 5. The molecule has 0 fully saturated rings. The normalized spacial score (nSPS) is 11.9. The lowest BCUT2D eigenvalue weighted by Crippen LogP contribution is -2.18. The van der Waals surface area contributed by atoms with Gasteiger partial charge in [-0.2, -0.15) is 13.5 Å². The molecule has 0 bridgehead atoms. The number of fused-ring (bicyclic) bond motifs is 1. The highest BCUT2D eigenvalue weighted by Crippen LogP contribution is 2.22. The second-order valence-electron chi connectivity index (χ2n) is 5.32. The molecule has 3 rings (SSSR count). The van der Waals surface area contributed by atoms with Crippen LogP contribution < -0.4 is 9.57 Å². The minimum Gasteiger partial charge on any atom is -0.497 e. The zero-order valence-electron chi connectivity index (χ0n) is 13.3. The van der Waals surface area contributed by atoms with E-state index in [9.17, 15) is 8.42 Å². The number of aromatic nitrogens is 1. The van der Waals surface area contributed by atoms with Gasteiger partial charge in [0.05, 0.1) is 18.2 Å². The van der Waals surface area contributed by atoms with Crippen molar-refractivity contribution in [3.63, 3.8) is 0 Å². The largest absolute Gasteiger partial charge is 0.497 e. The van der Waals surface area contributed by atoms with Crippen molar-refractivity contribution in [1.29, 1.82) is 0 Å². The van der Waals surface area contributed by atoms with Crippen molar-refractivity contribution in [2.45, 2.75) is 11.8 Å². The van der Waals surface area contributed by atoms with Gasteiger partial charge in [0.25, 0.3) is 10.0 Å². The Morgan fingerprint density at radius 1 is 1.17 bits per heavy atom. The van der Waals surface area contributed by atoms with E-state index in [4.69, 9.17) is 4.74 Å². The van der Waals surface area contributed by atoms with Gasteiger partial charge in [-0.1, -0.05) is 17.7 Å². The highest BCUT2D eigenvalue weighted by molar-refractivity contribution is 7.89. The highest BCUT2D eigenvalue weighted by atomic mass is 32.2. The summed E-state index contributed by atoms with van der Waals surface area (Å²) in [5, 5.41) is 4.76. The summed E-state index contributed by atoms with van der Waals surface area (Å²) >= 11 is 0. The molecule has 7 heteroatoms. The van der Waals surface area contributed by atoms with Gasteiger partial charge in [-0.05, 0) is 37.3 Å². The van der Waals surface area contributed by atoms with E-state index < -0.39 is 10.0 Å². The molecule has 0 saturated carbocycles. The Hall–Kier alpha value is -2.80. The molecule has 0 spiro atoms. The molecular weight excluding hydrogens is 326 g/mol.